The molecule has 2 aromatic rings. The maximum absolute atomic E-state index is 12.6. The molecule has 1 aromatic heterocycles. The smallest absolute Gasteiger partial charge is 0.305 e. The van der Waals surface area contributed by atoms with E-state index in [9.17, 15) is 9.59 Å². The van der Waals surface area contributed by atoms with Crippen molar-refractivity contribution in [2.45, 2.75) is 24.8 Å². The number of hydrogen-bond acceptors (Lipinski definition) is 6. The van der Waals surface area contributed by atoms with Crippen molar-refractivity contribution >= 4 is 11.9 Å². The van der Waals surface area contributed by atoms with E-state index in [1.165, 1.54) is 11.0 Å². The minimum atomic E-state index is -0.945. The zero-order valence-corrected chi connectivity index (χ0v) is 12.9. The molecule has 1 saturated heterocycles. The number of benzene rings is 1. The van der Waals surface area contributed by atoms with Crippen molar-refractivity contribution in [3.63, 3.8) is 0 Å². The van der Waals surface area contributed by atoms with Crippen molar-refractivity contribution < 1.29 is 19.4 Å². The number of nitrogens with zero attached hydrogens (tertiary/aromatic N) is 4. The molecule has 2 N–H and O–H groups in total. The third kappa shape index (κ3) is 3.57. The Kier molecular flexibility index (Phi) is 4.52. The molecule has 126 valence electrons. The van der Waals surface area contributed by atoms with Gasteiger partial charge in [-0.3, -0.25) is 9.59 Å². The monoisotopic (exact) mass is 331 g/mol. The van der Waals surface area contributed by atoms with Crippen molar-refractivity contribution in [2.75, 3.05) is 13.2 Å². The van der Waals surface area contributed by atoms with Crippen LogP contribution >= 0.6 is 0 Å². The van der Waals surface area contributed by atoms with Crippen molar-refractivity contribution in [2.24, 2.45) is 0 Å². The first-order valence-electron chi connectivity index (χ1n) is 7.53. The number of carbonyl (C=O) groups is 2. The summed E-state index contributed by atoms with van der Waals surface area (Å²) in [4.78, 5) is 23.8. The Bertz CT molecular complexity index is 725. The van der Waals surface area contributed by atoms with Crippen LogP contribution in [0.25, 0.3) is 5.69 Å². The fourth-order valence-electron chi connectivity index (χ4n) is 2.78. The van der Waals surface area contributed by atoms with Gasteiger partial charge in [0, 0.05) is 18.8 Å². The van der Waals surface area contributed by atoms with Gasteiger partial charge < -0.3 is 15.2 Å². The van der Waals surface area contributed by atoms with Gasteiger partial charge in [0.15, 0.2) is 0 Å². The highest BCUT2D eigenvalue weighted by molar-refractivity contribution is 5.95. The summed E-state index contributed by atoms with van der Waals surface area (Å²) in [5.41, 5.74) is 0.276. The fourth-order valence-corrected chi connectivity index (χ4v) is 2.78. The van der Waals surface area contributed by atoms with Gasteiger partial charge in [-0.05, 0) is 41.5 Å². The van der Waals surface area contributed by atoms with Crippen LogP contribution in [-0.4, -0.2) is 55.9 Å². The molecule has 0 atom stereocenters. The molecule has 0 radical (unpaired) electrons. The second-order valence-electron chi connectivity index (χ2n) is 5.72. The molecule has 2 heterocycles. The molecule has 1 aliphatic rings. The largest absolute Gasteiger partial charge is 0.481 e. The Balaban J connectivity index is 1.80. The number of ether oxygens (including phenoxy) is 1. The van der Waals surface area contributed by atoms with Gasteiger partial charge >= 0.3 is 5.97 Å². The van der Waals surface area contributed by atoms with Crippen LogP contribution in [0.3, 0.4) is 0 Å². The standard InChI is InChI=1S/C15H17N5O4/c21-13(22)9-15(4-6-24-7-5-15)17-14(23)11-2-1-3-12(8-11)20-10-16-18-19-20/h1-3,8,10H,4-7,9H2,(H,17,23)(H,21,22). The Labute approximate surface area is 137 Å². The van der Waals surface area contributed by atoms with Crippen LogP contribution in [0.2, 0.25) is 0 Å². The molecular weight excluding hydrogens is 314 g/mol. The number of carboxylic acids is 1. The summed E-state index contributed by atoms with van der Waals surface area (Å²) in [6.45, 7) is 0.858. The number of rotatable bonds is 5. The molecule has 0 bridgehead atoms. The van der Waals surface area contributed by atoms with E-state index in [-0.39, 0.29) is 12.3 Å². The van der Waals surface area contributed by atoms with Crippen LogP contribution in [0.4, 0.5) is 0 Å². The van der Waals surface area contributed by atoms with E-state index in [0.717, 1.165) is 0 Å². The van der Waals surface area contributed by atoms with E-state index in [1.54, 1.807) is 24.3 Å². The second kappa shape index (κ2) is 6.75. The molecule has 1 aliphatic heterocycles. The first kappa shape index (κ1) is 16.1. The number of amides is 1. The Morgan fingerprint density at radius 1 is 1.33 bits per heavy atom. The number of aliphatic carboxylic acids is 1. The van der Waals surface area contributed by atoms with Gasteiger partial charge in [0.25, 0.3) is 5.91 Å². The van der Waals surface area contributed by atoms with Gasteiger partial charge in [-0.1, -0.05) is 6.07 Å². The van der Waals surface area contributed by atoms with E-state index in [4.69, 9.17) is 9.84 Å². The molecular formula is C15H17N5O4. The highest BCUT2D eigenvalue weighted by Gasteiger charge is 2.36. The second-order valence-corrected chi connectivity index (χ2v) is 5.72. The van der Waals surface area contributed by atoms with Crippen molar-refractivity contribution in [3.05, 3.63) is 36.2 Å². The van der Waals surface area contributed by atoms with Crippen LogP contribution in [0, 0.1) is 0 Å². The molecule has 0 saturated carbocycles. The maximum Gasteiger partial charge on any atom is 0.305 e. The van der Waals surface area contributed by atoms with E-state index < -0.39 is 11.5 Å². The maximum atomic E-state index is 12.6. The summed E-state index contributed by atoms with van der Waals surface area (Å²) in [6.07, 6.45) is 2.24. The molecule has 9 nitrogen and oxygen atoms in total. The van der Waals surface area contributed by atoms with Crippen molar-refractivity contribution in [1.29, 1.82) is 0 Å². The average molecular weight is 331 g/mol. The van der Waals surface area contributed by atoms with Gasteiger partial charge in [-0.25, -0.2) is 4.68 Å². The normalized spacial score (nSPS) is 16.5. The number of aromatic nitrogens is 4. The lowest BCUT2D eigenvalue weighted by molar-refractivity contribution is -0.139. The minimum Gasteiger partial charge on any atom is -0.481 e. The third-order valence-corrected chi connectivity index (χ3v) is 4.04. The predicted molar refractivity (Wildman–Crippen MR) is 81.7 cm³/mol. The number of hydrogen-bond donors (Lipinski definition) is 2. The van der Waals surface area contributed by atoms with Gasteiger partial charge in [-0.2, -0.15) is 0 Å². The quantitative estimate of drug-likeness (QED) is 0.814. The Morgan fingerprint density at radius 2 is 2.12 bits per heavy atom. The number of tetrazole rings is 1. The topological polar surface area (TPSA) is 119 Å². The van der Waals surface area contributed by atoms with Gasteiger partial charge in [0.1, 0.15) is 6.33 Å². The lowest BCUT2D eigenvalue weighted by atomic mass is 9.86. The summed E-state index contributed by atoms with van der Waals surface area (Å²) in [5, 5.41) is 23.0. The SMILES string of the molecule is O=C(O)CC1(NC(=O)c2cccc(-n3cnnn3)c2)CCOCC1. The van der Waals surface area contributed by atoms with Crippen LogP contribution < -0.4 is 5.32 Å². The highest BCUT2D eigenvalue weighted by atomic mass is 16.5. The average Bonchev–Trinajstić information content (AvgIpc) is 3.09. The van der Waals surface area contributed by atoms with Crippen molar-refractivity contribution in [3.8, 4) is 5.69 Å². The lowest BCUT2D eigenvalue weighted by Gasteiger charge is -2.36. The minimum absolute atomic E-state index is 0.130. The van der Waals surface area contributed by atoms with Crippen molar-refractivity contribution in [1.82, 2.24) is 25.5 Å². The molecule has 0 aliphatic carbocycles. The number of carbonyl (C=O) groups excluding carboxylic acids is 1. The Hall–Kier alpha value is -2.81. The summed E-state index contributed by atoms with van der Waals surface area (Å²) in [7, 11) is 0. The van der Waals surface area contributed by atoms with Crippen LogP contribution in [0.5, 0.6) is 0 Å². The zero-order valence-electron chi connectivity index (χ0n) is 12.9. The van der Waals surface area contributed by atoms with E-state index in [2.05, 4.69) is 20.8 Å². The molecule has 0 unspecified atom stereocenters. The molecule has 3 rings (SSSR count). The van der Waals surface area contributed by atoms with Gasteiger partial charge in [0.05, 0.1) is 17.6 Å². The lowest BCUT2D eigenvalue weighted by Crippen LogP contribution is -2.53. The summed E-state index contributed by atoms with van der Waals surface area (Å²) in [6, 6.07) is 6.81. The predicted octanol–water partition coefficient (Wildman–Crippen LogP) is 0.416. The fraction of sp³-hybridized carbons (Fsp3) is 0.400. The number of carboxylic acid groups (broad SMARTS) is 1. The summed E-state index contributed by atoms with van der Waals surface area (Å²) >= 11 is 0. The Morgan fingerprint density at radius 3 is 2.79 bits per heavy atom. The van der Waals surface area contributed by atoms with Crippen LogP contribution in [-0.2, 0) is 9.53 Å². The van der Waals surface area contributed by atoms with E-state index >= 15 is 0 Å². The summed E-state index contributed by atoms with van der Waals surface area (Å²) < 4.78 is 6.73. The van der Waals surface area contributed by atoms with E-state index in [0.29, 0.717) is 37.3 Å². The molecule has 9 heteroatoms. The van der Waals surface area contributed by atoms with Gasteiger partial charge in [0.2, 0.25) is 0 Å². The first-order chi connectivity index (χ1) is 11.6. The first-order valence-corrected chi connectivity index (χ1v) is 7.53. The molecule has 1 fully saturated rings. The van der Waals surface area contributed by atoms with E-state index in [1.807, 2.05) is 0 Å². The van der Waals surface area contributed by atoms with Gasteiger partial charge in [-0.15, -0.1) is 5.10 Å². The molecule has 0 spiro atoms. The van der Waals surface area contributed by atoms with Crippen LogP contribution in [0.15, 0.2) is 30.6 Å². The summed E-state index contributed by atoms with van der Waals surface area (Å²) in [5.74, 6) is -1.27. The number of nitrogens with one attached hydrogen (secondary N) is 1. The molecule has 24 heavy (non-hydrogen) atoms. The van der Waals surface area contributed by atoms with Crippen LogP contribution in [0.1, 0.15) is 29.6 Å². The zero-order chi connectivity index (χ0) is 17.0. The highest BCUT2D eigenvalue weighted by Crippen LogP contribution is 2.25. The molecule has 1 aromatic carbocycles. The molecule has 1 amide bonds. The third-order valence-electron chi connectivity index (χ3n) is 4.04.